The molecule has 1 aliphatic carbocycles. The van der Waals surface area contributed by atoms with Crippen molar-refractivity contribution in [3.8, 4) is 0 Å². The molecule has 16 heavy (non-hydrogen) atoms. The van der Waals surface area contributed by atoms with E-state index in [9.17, 15) is 9.90 Å². The lowest BCUT2D eigenvalue weighted by Gasteiger charge is -2.21. The summed E-state index contributed by atoms with van der Waals surface area (Å²) < 4.78 is 0. The third-order valence-electron chi connectivity index (χ3n) is 3.12. The van der Waals surface area contributed by atoms with Gasteiger partial charge in [0.2, 0.25) is 5.91 Å². The number of hydrogen-bond acceptors (Lipinski definition) is 3. The maximum Gasteiger partial charge on any atom is 0.222 e. The molecule has 0 unspecified atom stereocenters. The molecule has 0 atom stereocenters. The number of amides is 1. The Bertz CT molecular complexity index is 215. The molecule has 3 nitrogen and oxygen atoms in total. The van der Waals surface area contributed by atoms with Crippen LogP contribution in [0.3, 0.4) is 0 Å². The number of nitrogens with one attached hydrogen (secondary N) is 1. The molecule has 0 aromatic carbocycles. The summed E-state index contributed by atoms with van der Waals surface area (Å²) in [5.74, 6) is 1.16. The summed E-state index contributed by atoms with van der Waals surface area (Å²) in [6, 6.07) is 0. The van der Waals surface area contributed by atoms with Gasteiger partial charge >= 0.3 is 0 Å². The summed E-state index contributed by atoms with van der Waals surface area (Å²) in [7, 11) is 0. The van der Waals surface area contributed by atoms with Crippen LogP contribution in [0, 0.1) is 0 Å². The SMILES string of the molecule is CSCCCCNC(=O)CC1(O)CCCC1. The summed E-state index contributed by atoms with van der Waals surface area (Å²) in [5, 5.41) is 12.9. The van der Waals surface area contributed by atoms with E-state index in [0.29, 0.717) is 0 Å². The molecular weight excluding hydrogens is 222 g/mol. The summed E-state index contributed by atoms with van der Waals surface area (Å²) >= 11 is 1.83. The zero-order valence-electron chi connectivity index (χ0n) is 10.1. The highest BCUT2D eigenvalue weighted by Gasteiger charge is 2.33. The van der Waals surface area contributed by atoms with Crippen LogP contribution in [0.2, 0.25) is 0 Å². The van der Waals surface area contributed by atoms with Gasteiger partial charge in [0.05, 0.1) is 12.0 Å². The van der Waals surface area contributed by atoms with Crippen molar-refractivity contribution in [3.05, 3.63) is 0 Å². The Morgan fingerprint density at radius 2 is 2.06 bits per heavy atom. The van der Waals surface area contributed by atoms with E-state index < -0.39 is 5.60 Å². The molecule has 2 N–H and O–H groups in total. The smallest absolute Gasteiger partial charge is 0.222 e. The molecule has 1 saturated carbocycles. The topological polar surface area (TPSA) is 49.3 Å². The number of hydrogen-bond donors (Lipinski definition) is 2. The lowest BCUT2D eigenvalue weighted by molar-refractivity contribution is -0.125. The first-order valence-corrected chi connectivity index (χ1v) is 7.54. The molecule has 1 amide bonds. The van der Waals surface area contributed by atoms with Gasteiger partial charge < -0.3 is 10.4 Å². The van der Waals surface area contributed by atoms with Gasteiger partial charge in [0.1, 0.15) is 0 Å². The van der Waals surface area contributed by atoms with Crippen LogP contribution in [0.1, 0.15) is 44.9 Å². The van der Waals surface area contributed by atoms with Crippen LogP contribution in [-0.2, 0) is 4.79 Å². The zero-order chi connectivity index (χ0) is 11.9. The third-order valence-corrected chi connectivity index (χ3v) is 3.82. The average Bonchev–Trinajstić information content (AvgIpc) is 2.64. The van der Waals surface area contributed by atoms with Crippen molar-refractivity contribution in [2.45, 2.75) is 50.5 Å². The van der Waals surface area contributed by atoms with E-state index in [1.54, 1.807) is 0 Å². The first kappa shape index (κ1) is 13.8. The minimum Gasteiger partial charge on any atom is -0.389 e. The van der Waals surface area contributed by atoms with Crippen LogP contribution >= 0.6 is 11.8 Å². The molecule has 0 aromatic heterocycles. The minimum absolute atomic E-state index is 0.00792. The van der Waals surface area contributed by atoms with Crippen LogP contribution in [-0.4, -0.2) is 35.2 Å². The molecule has 0 bridgehead atoms. The van der Waals surface area contributed by atoms with Crippen molar-refractivity contribution >= 4 is 17.7 Å². The van der Waals surface area contributed by atoms with Gasteiger partial charge in [-0.15, -0.1) is 0 Å². The summed E-state index contributed by atoms with van der Waals surface area (Å²) in [4.78, 5) is 11.6. The Hall–Kier alpha value is -0.220. The van der Waals surface area contributed by atoms with Crippen molar-refractivity contribution in [2.24, 2.45) is 0 Å². The van der Waals surface area contributed by atoms with E-state index in [0.717, 1.165) is 50.8 Å². The monoisotopic (exact) mass is 245 g/mol. The van der Waals surface area contributed by atoms with Gasteiger partial charge in [-0.3, -0.25) is 4.79 Å². The van der Waals surface area contributed by atoms with E-state index in [1.807, 2.05) is 11.8 Å². The number of carbonyl (C=O) groups is 1. The Morgan fingerprint density at radius 1 is 1.38 bits per heavy atom. The highest BCUT2D eigenvalue weighted by Crippen LogP contribution is 2.32. The van der Waals surface area contributed by atoms with Crippen LogP contribution in [0.15, 0.2) is 0 Å². The van der Waals surface area contributed by atoms with Crippen molar-refractivity contribution in [1.82, 2.24) is 5.32 Å². The lowest BCUT2D eigenvalue weighted by Crippen LogP contribution is -2.35. The van der Waals surface area contributed by atoms with Gasteiger partial charge in [-0.25, -0.2) is 0 Å². The second-order valence-corrected chi connectivity index (χ2v) is 5.64. The molecule has 0 aromatic rings. The van der Waals surface area contributed by atoms with Gasteiger partial charge in [-0.05, 0) is 37.7 Å². The molecule has 1 rings (SSSR count). The Morgan fingerprint density at radius 3 is 2.69 bits per heavy atom. The normalized spacial score (nSPS) is 18.6. The van der Waals surface area contributed by atoms with Crippen LogP contribution < -0.4 is 5.32 Å². The fourth-order valence-electron chi connectivity index (χ4n) is 2.17. The Balaban J connectivity index is 2.06. The largest absolute Gasteiger partial charge is 0.389 e. The molecule has 1 aliphatic rings. The molecule has 94 valence electrons. The molecule has 0 heterocycles. The number of aliphatic hydroxyl groups is 1. The van der Waals surface area contributed by atoms with Crippen LogP contribution in [0.5, 0.6) is 0 Å². The van der Waals surface area contributed by atoms with E-state index in [4.69, 9.17) is 0 Å². The molecule has 0 radical (unpaired) electrons. The molecular formula is C12H23NO2S. The number of rotatable bonds is 7. The van der Waals surface area contributed by atoms with Crippen molar-refractivity contribution < 1.29 is 9.90 Å². The van der Waals surface area contributed by atoms with E-state index >= 15 is 0 Å². The quantitative estimate of drug-likeness (QED) is 0.674. The fourth-order valence-corrected chi connectivity index (χ4v) is 2.66. The number of unbranched alkanes of at least 4 members (excludes halogenated alkanes) is 1. The molecule has 0 spiro atoms. The van der Waals surface area contributed by atoms with E-state index in [1.165, 1.54) is 0 Å². The Labute approximate surface area is 102 Å². The summed E-state index contributed by atoms with van der Waals surface area (Å²) in [6.45, 7) is 0.746. The first-order chi connectivity index (χ1) is 7.66. The molecule has 1 fully saturated rings. The predicted octanol–water partition coefficient (Wildman–Crippen LogP) is 1.94. The third kappa shape index (κ3) is 5.21. The van der Waals surface area contributed by atoms with Gasteiger partial charge in [0.25, 0.3) is 0 Å². The summed E-state index contributed by atoms with van der Waals surface area (Å²) in [6.07, 6.45) is 8.23. The van der Waals surface area contributed by atoms with E-state index in [2.05, 4.69) is 11.6 Å². The minimum atomic E-state index is -0.705. The average molecular weight is 245 g/mol. The van der Waals surface area contributed by atoms with E-state index in [-0.39, 0.29) is 12.3 Å². The molecule has 0 saturated heterocycles. The van der Waals surface area contributed by atoms with Crippen molar-refractivity contribution in [2.75, 3.05) is 18.6 Å². The number of thioether (sulfide) groups is 1. The predicted molar refractivity (Wildman–Crippen MR) is 68.7 cm³/mol. The maximum absolute atomic E-state index is 11.6. The van der Waals surface area contributed by atoms with Crippen LogP contribution in [0.4, 0.5) is 0 Å². The highest BCUT2D eigenvalue weighted by atomic mass is 32.2. The second kappa shape index (κ2) is 7.17. The fraction of sp³-hybridized carbons (Fsp3) is 0.917. The van der Waals surface area contributed by atoms with Crippen molar-refractivity contribution in [3.63, 3.8) is 0 Å². The lowest BCUT2D eigenvalue weighted by atomic mass is 9.98. The molecule has 4 heteroatoms. The highest BCUT2D eigenvalue weighted by molar-refractivity contribution is 7.98. The van der Waals surface area contributed by atoms with Gasteiger partial charge in [0.15, 0.2) is 0 Å². The van der Waals surface area contributed by atoms with Gasteiger partial charge in [-0.1, -0.05) is 12.8 Å². The Kier molecular flexibility index (Phi) is 6.21. The zero-order valence-corrected chi connectivity index (χ0v) is 10.9. The van der Waals surface area contributed by atoms with Crippen LogP contribution in [0.25, 0.3) is 0 Å². The standard InChI is InChI=1S/C12H23NO2S/c1-16-9-5-4-8-13-11(14)10-12(15)6-2-3-7-12/h15H,2-10H2,1H3,(H,13,14). The van der Waals surface area contributed by atoms with Gasteiger partial charge in [-0.2, -0.15) is 11.8 Å². The van der Waals surface area contributed by atoms with Gasteiger partial charge in [0, 0.05) is 6.54 Å². The second-order valence-electron chi connectivity index (χ2n) is 4.66. The summed E-state index contributed by atoms with van der Waals surface area (Å²) in [5.41, 5.74) is -0.705. The van der Waals surface area contributed by atoms with Crippen molar-refractivity contribution in [1.29, 1.82) is 0 Å². The molecule has 0 aliphatic heterocycles. The first-order valence-electron chi connectivity index (χ1n) is 6.14. The number of carbonyl (C=O) groups excluding carboxylic acids is 1. The maximum atomic E-state index is 11.6.